The monoisotopic (exact) mass is 893 g/mol. The van der Waals surface area contributed by atoms with E-state index in [1.807, 2.05) is 66.0 Å². The number of nitrogens with zero attached hydrogens (tertiary/aromatic N) is 1. The SMILES string of the molecule is CCC(C)(CC)C(=O)/C=C(\O)C(C)(CC)CC.Cc1cc2ccc(-c3sc4c(-c5[c-]c6ccccc6c(C(C)(C)C)c5)nccc4c3C)cc2o1.[Ir]. The van der Waals surface area contributed by atoms with Gasteiger partial charge in [0.15, 0.2) is 5.78 Å². The third-order valence-corrected chi connectivity index (χ3v) is 12.6. The van der Waals surface area contributed by atoms with E-state index in [1.165, 1.54) is 43.1 Å². The number of furan rings is 1. The van der Waals surface area contributed by atoms with Gasteiger partial charge >= 0.3 is 0 Å². The van der Waals surface area contributed by atoms with Crippen molar-refractivity contribution in [3.05, 3.63) is 102 Å². The van der Waals surface area contributed by atoms with Crippen molar-refractivity contribution >= 4 is 48.9 Å². The van der Waals surface area contributed by atoms with Crippen LogP contribution in [0.2, 0.25) is 0 Å². The average molecular weight is 893 g/mol. The van der Waals surface area contributed by atoms with Gasteiger partial charge in [0.2, 0.25) is 0 Å². The van der Waals surface area contributed by atoms with E-state index in [0.29, 0.717) is 0 Å². The van der Waals surface area contributed by atoms with Gasteiger partial charge in [0.25, 0.3) is 0 Å². The number of carbonyl (C=O) groups excluding carboxylic acids is 1. The summed E-state index contributed by atoms with van der Waals surface area (Å²) in [7, 11) is 0. The zero-order valence-electron chi connectivity index (χ0n) is 32.7. The largest absolute Gasteiger partial charge is 0.512 e. The van der Waals surface area contributed by atoms with E-state index in [1.54, 1.807) is 0 Å². The van der Waals surface area contributed by atoms with E-state index in [0.717, 1.165) is 59.1 Å². The number of aliphatic hydroxyl groups is 1. The molecule has 3 heterocycles. The summed E-state index contributed by atoms with van der Waals surface area (Å²) in [6, 6.07) is 25.2. The molecular weight excluding hydrogens is 839 g/mol. The Labute approximate surface area is 328 Å². The third kappa shape index (κ3) is 8.15. The van der Waals surface area contributed by atoms with Crippen molar-refractivity contribution in [2.24, 2.45) is 10.8 Å². The fourth-order valence-electron chi connectivity index (χ4n) is 6.58. The van der Waals surface area contributed by atoms with Crippen molar-refractivity contribution in [1.82, 2.24) is 4.98 Å². The van der Waals surface area contributed by atoms with Gasteiger partial charge in [-0.05, 0) is 79.7 Å². The summed E-state index contributed by atoms with van der Waals surface area (Å²) < 4.78 is 7.12. The van der Waals surface area contributed by atoms with Crippen LogP contribution in [0.3, 0.4) is 0 Å². The average Bonchev–Trinajstić information content (AvgIpc) is 3.67. The number of aromatic nitrogens is 1. The maximum Gasteiger partial charge on any atom is 0.164 e. The molecule has 0 aliphatic carbocycles. The van der Waals surface area contributed by atoms with Gasteiger partial charge in [-0.15, -0.1) is 40.5 Å². The normalized spacial score (nSPS) is 12.6. The van der Waals surface area contributed by atoms with Crippen LogP contribution in [0.1, 0.15) is 105 Å². The second kappa shape index (κ2) is 16.2. The van der Waals surface area contributed by atoms with Crippen LogP contribution in [-0.4, -0.2) is 15.9 Å². The molecule has 3 aromatic carbocycles. The second-order valence-corrected chi connectivity index (χ2v) is 16.5. The Balaban J connectivity index is 0.000000289. The van der Waals surface area contributed by atoms with Gasteiger partial charge in [-0.1, -0.05) is 104 Å². The molecular formula is C46H54IrNO3S-. The number of allylic oxidation sites excluding steroid dienone is 2. The number of ketones is 1. The summed E-state index contributed by atoms with van der Waals surface area (Å²) >= 11 is 1.81. The van der Waals surface area contributed by atoms with Crippen LogP contribution in [0, 0.1) is 30.7 Å². The minimum atomic E-state index is -0.337. The number of thiophene rings is 1. The van der Waals surface area contributed by atoms with Crippen LogP contribution in [0.15, 0.2) is 83.1 Å². The first kappa shape index (κ1) is 41.2. The summed E-state index contributed by atoms with van der Waals surface area (Å²) in [5.74, 6) is 1.22. The first-order chi connectivity index (χ1) is 24.1. The van der Waals surface area contributed by atoms with Crippen LogP contribution in [0.4, 0.5) is 0 Å². The van der Waals surface area contributed by atoms with E-state index in [4.69, 9.17) is 9.40 Å². The van der Waals surface area contributed by atoms with Crippen LogP contribution < -0.4 is 0 Å². The molecule has 0 aliphatic rings. The Morgan fingerprint density at radius 1 is 0.865 bits per heavy atom. The first-order valence-corrected chi connectivity index (χ1v) is 19.2. The Kier molecular flexibility index (Phi) is 12.8. The predicted octanol–water partition coefficient (Wildman–Crippen LogP) is 13.9. The summed E-state index contributed by atoms with van der Waals surface area (Å²) in [5.41, 5.74) is 6.19. The fourth-order valence-corrected chi connectivity index (χ4v) is 7.88. The Morgan fingerprint density at radius 3 is 2.15 bits per heavy atom. The molecule has 3 aromatic heterocycles. The molecule has 1 radical (unpaired) electrons. The maximum absolute atomic E-state index is 12.2. The maximum atomic E-state index is 12.2. The van der Waals surface area contributed by atoms with Crippen LogP contribution in [0.5, 0.6) is 0 Å². The molecule has 0 atom stereocenters. The number of aryl methyl sites for hydroxylation is 2. The standard InChI is InChI=1S/C31H26NOS.C15H28O2.Ir/c1-18-14-21-10-11-22(17-27(21)33-18)29-19(2)24-12-13-32-28(30(24)34-29)23-15-20-8-6-7-9-25(20)26(16-23)31(3,4)5;1-7-14(5,8-2)12(16)11-13(17)15(6,9-3)10-4;/h6-14,16-17H,1-5H3;11,16H,7-10H2,1-6H3;/q-1;;/b;12-11-;. The number of rotatable bonds is 9. The fraction of sp³-hybridized carbons (Fsp3) is 0.391. The molecule has 6 rings (SSSR count). The smallest absolute Gasteiger partial charge is 0.164 e. The second-order valence-electron chi connectivity index (χ2n) is 15.5. The minimum Gasteiger partial charge on any atom is -0.512 e. The molecule has 0 aliphatic heterocycles. The predicted molar refractivity (Wildman–Crippen MR) is 218 cm³/mol. The molecule has 0 spiro atoms. The molecule has 277 valence electrons. The van der Waals surface area contributed by atoms with Crippen molar-refractivity contribution in [3.63, 3.8) is 0 Å². The summed E-state index contributed by atoms with van der Waals surface area (Å²) in [6.45, 7) is 23.1. The van der Waals surface area contributed by atoms with E-state index in [-0.39, 0.29) is 47.9 Å². The minimum absolute atomic E-state index is 0. The Morgan fingerprint density at radius 2 is 1.52 bits per heavy atom. The quantitative estimate of drug-likeness (QED) is 0.0892. The molecule has 0 unspecified atom stereocenters. The molecule has 6 heteroatoms. The number of carbonyl (C=O) groups is 1. The Hall–Kier alpha value is -3.57. The molecule has 0 amide bonds. The molecule has 6 aromatic rings. The zero-order valence-corrected chi connectivity index (χ0v) is 35.9. The Bertz CT molecular complexity index is 2220. The van der Waals surface area contributed by atoms with Crippen molar-refractivity contribution in [2.45, 2.75) is 107 Å². The van der Waals surface area contributed by atoms with Crippen LogP contribution in [-0.2, 0) is 30.3 Å². The van der Waals surface area contributed by atoms with Crippen molar-refractivity contribution < 1.29 is 34.4 Å². The van der Waals surface area contributed by atoms with Gasteiger partial charge in [-0.3, -0.25) is 9.78 Å². The van der Waals surface area contributed by atoms with Gasteiger partial charge in [-0.25, -0.2) is 0 Å². The van der Waals surface area contributed by atoms with E-state index >= 15 is 0 Å². The molecule has 0 saturated carbocycles. The van der Waals surface area contributed by atoms with Crippen LogP contribution >= 0.6 is 11.3 Å². The molecule has 1 N–H and O–H groups in total. The van der Waals surface area contributed by atoms with Crippen LogP contribution in [0.25, 0.3) is 53.5 Å². The topological polar surface area (TPSA) is 63.3 Å². The number of benzene rings is 3. The van der Waals surface area contributed by atoms with E-state index in [9.17, 15) is 9.90 Å². The number of hydrogen-bond acceptors (Lipinski definition) is 5. The molecule has 0 saturated heterocycles. The van der Waals surface area contributed by atoms with Crippen molar-refractivity contribution in [2.75, 3.05) is 0 Å². The summed E-state index contributed by atoms with van der Waals surface area (Å²) in [4.78, 5) is 18.3. The van der Waals surface area contributed by atoms with Gasteiger partial charge in [0.05, 0.1) is 0 Å². The van der Waals surface area contributed by atoms with Gasteiger partial charge in [-0.2, -0.15) is 0 Å². The van der Waals surface area contributed by atoms with Gasteiger partial charge < -0.3 is 9.52 Å². The molecule has 0 bridgehead atoms. The number of pyridine rings is 1. The van der Waals surface area contributed by atoms with E-state index < -0.39 is 0 Å². The summed E-state index contributed by atoms with van der Waals surface area (Å²) in [5, 5.41) is 14.9. The number of hydrogen-bond donors (Lipinski definition) is 1. The zero-order chi connectivity index (χ0) is 37.3. The van der Waals surface area contributed by atoms with E-state index in [2.05, 4.69) is 94.4 Å². The molecule has 4 nitrogen and oxygen atoms in total. The third-order valence-electron chi connectivity index (χ3n) is 11.2. The summed E-state index contributed by atoms with van der Waals surface area (Å²) in [6.07, 6.45) is 6.68. The first-order valence-electron chi connectivity index (χ1n) is 18.4. The van der Waals surface area contributed by atoms with Crippen molar-refractivity contribution in [3.8, 4) is 21.7 Å². The number of fused-ring (bicyclic) bond motifs is 3. The van der Waals surface area contributed by atoms with Gasteiger partial charge in [0.1, 0.15) is 17.1 Å². The van der Waals surface area contributed by atoms with Crippen molar-refractivity contribution in [1.29, 1.82) is 0 Å². The number of aliphatic hydroxyl groups excluding tert-OH is 1. The van der Waals surface area contributed by atoms with Gasteiger partial charge in [0, 0.05) is 63.9 Å². The molecule has 0 fully saturated rings. The molecule has 52 heavy (non-hydrogen) atoms.